The van der Waals surface area contributed by atoms with Gasteiger partial charge in [0, 0.05) is 25.7 Å². The zero-order chi connectivity index (χ0) is 16.4. The van der Waals surface area contributed by atoms with Crippen LogP contribution in [0.15, 0.2) is 12.1 Å². The first kappa shape index (κ1) is 17.2. The molecule has 3 nitrogen and oxygen atoms in total. The Hall–Kier alpha value is -0.580. The molecule has 1 saturated heterocycles. The Morgan fingerprint density at radius 1 is 1.39 bits per heavy atom. The highest BCUT2D eigenvalue weighted by molar-refractivity contribution is 7.17. The number of halogens is 1. The number of carbonyl (C=O) groups excluding carboxylic acids is 1. The number of hydrogen-bond donors (Lipinski definition) is 1. The number of hydrogen-bond acceptors (Lipinski definition) is 3. The molecule has 1 aliphatic heterocycles. The van der Waals surface area contributed by atoms with Gasteiger partial charge in [-0.3, -0.25) is 4.79 Å². The molecule has 1 aromatic rings. The summed E-state index contributed by atoms with van der Waals surface area (Å²) >= 11 is 7.29. The van der Waals surface area contributed by atoms with Gasteiger partial charge in [0.05, 0.1) is 9.21 Å². The molecule has 1 saturated carbocycles. The van der Waals surface area contributed by atoms with Crippen LogP contribution < -0.4 is 5.32 Å². The summed E-state index contributed by atoms with van der Waals surface area (Å²) in [5.41, 5.74) is 0.420. The van der Waals surface area contributed by atoms with Crippen LogP contribution in [0.5, 0.6) is 0 Å². The van der Waals surface area contributed by atoms with Crippen molar-refractivity contribution < 1.29 is 4.79 Å². The van der Waals surface area contributed by atoms with Crippen molar-refractivity contribution in [2.45, 2.75) is 52.0 Å². The van der Waals surface area contributed by atoms with E-state index in [0.29, 0.717) is 26.6 Å². The molecule has 1 aromatic heterocycles. The quantitative estimate of drug-likeness (QED) is 0.867. The third-order valence-corrected chi connectivity index (χ3v) is 6.95. The van der Waals surface area contributed by atoms with E-state index in [4.69, 9.17) is 11.6 Å². The van der Waals surface area contributed by atoms with Crippen molar-refractivity contribution in [3.8, 4) is 0 Å². The molecule has 23 heavy (non-hydrogen) atoms. The molecule has 3 rings (SSSR count). The molecule has 0 aromatic carbocycles. The van der Waals surface area contributed by atoms with Gasteiger partial charge in [-0.15, -0.1) is 11.3 Å². The van der Waals surface area contributed by atoms with Crippen molar-refractivity contribution >= 4 is 28.8 Å². The van der Waals surface area contributed by atoms with Crippen molar-refractivity contribution in [3.63, 3.8) is 0 Å². The number of amides is 1. The summed E-state index contributed by atoms with van der Waals surface area (Å²) in [6.45, 7) is 7.67. The Morgan fingerprint density at radius 3 is 2.74 bits per heavy atom. The van der Waals surface area contributed by atoms with Gasteiger partial charge in [-0.1, -0.05) is 30.9 Å². The van der Waals surface area contributed by atoms with E-state index in [1.54, 1.807) is 6.07 Å². The predicted octanol–water partition coefficient (Wildman–Crippen LogP) is 4.42. The summed E-state index contributed by atoms with van der Waals surface area (Å²) in [4.78, 5) is 15.6. The van der Waals surface area contributed by atoms with Gasteiger partial charge >= 0.3 is 0 Å². The van der Waals surface area contributed by atoms with Crippen molar-refractivity contribution in [1.29, 1.82) is 0 Å². The largest absolute Gasteiger partial charge is 0.351 e. The van der Waals surface area contributed by atoms with E-state index in [9.17, 15) is 4.79 Å². The zero-order valence-corrected chi connectivity index (χ0v) is 15.7. The van der Waals surface area contributed by atoms with E-state index < -0.39 is 0 Å². The van der Waals surface area contributed by atoms with Gasteiger partial charge in [0.25, 0.3) is 5.91 Å². The van der Waals surface area contributed by atoms with Crippen LogP contribution >= 0.6 is 22.9 Å². The minimum Gasteiger partial charge on any atom is -0.351 e. The fourth-order valence-electron chi connectivity index (χ4n) is 4.31. The average Bonchev–Trinajstić information content (AvgIpc) is 3.10. The number of nitrogens with zero attached hydrogens (tertiary/aromatic N) is 1. The van der Waals surface area contributed by atoms with E-state index in [-0.39, 0.29) is 5.91 Å². The second-order valence-corrected chi connectivity index (χ2v) is 9.17. The van der Waals surface area contributed by atoms with Gasteiger partial charge in [-0.2, -0.15) is 0 Å². The first-order valence-electron chi connectivity index (χ1n) is 8.78. The predicted molar refractivity (Wildman–Crippen MR) is 97.4 cm³/mol. The van der Waals surface area contributed by atoms with Gasteiger partial charge in [-0.25, -0.2) is 0 Å². The number of thiophene rings is 1. The smallest absolute Gasteiger partial charge is 0.261 e. The summed E-state index contributed by atoms with van der Waals surface area (Å²) in [5.74, 6) is 0.598. The Bertz CT molecular complexity index is 551. The van der Waals surface area contributed by atoms with Crippen LogP contribution in [-0.2, 0) is 0 Å². The fourth-order valence-corrected chi connectivity index (χ4v) is 5.27. The molecule has 1 aliphatic carbocycles. The van der Waals surface area contributed by atoms with Crippen molar-refractivity contribution in [3.05, 3.63) is 21.3 Å². The summed E-state index contributed by atoms with van der Waals surface area (Å²) < 4.78 is 0.672. The summed E-state index contributed by atoms with van der Waals surface area (Å²) in [7, 11) is 0. The van der Waals surface area contributed by atoms with Gasteiger partial charge in [0.1, 0.15) is 0 Å². The molecule has 128 valence electrons. The lowest BCUT2D eigenvalue weighted by molar-refractivity contribution is 0.0919. The molecule has 0 unspecified atom stereocenters. The maximum atomic E-state index is 12.3. The molecular formula is C18H27ClN2OS. The lowest BCUT2D eigenvalue weighted by Crippen LogP contribution is -2.39. The molecule has 2 fully saturated rings. The summed E-state index contributed by atoms with van der Waals surface area (Å²) in [5, 5.41) is 3.17. The van der Waals surface area contributed by atoms with Crippen LogP contribution in [0.3, 0.4) is 0 Å². The topological polar surface area (TPSA) is 32.3 Å². The minimum absolute atomic E-state index is 0.0239. The molecule has 0 bridgehead atoms. The number of likely N-dealkylation sites (tertiary alicyclic amines) is 1. The Morgan fingerprint density at radius 2 is 2.13 bits per heavy atom. The third kappa shape index (κ3) is 3.75. The number of nitrogens with one attached hydrogen (secondary N) is 1. The van der Waals surface area contributed by atoms with Crippen LogP contribution in [0.25, 0.3) is 0 Å². The van der Waals surface area contributed by atoms with Crippen LogP contribution in [-0.4, -0.2) is 36.5 Å². The van der Waals surface area contributed by atoms with E-state index in [1.807, 2.05) is 6.07 Å². The van der Waals surface area contributed by atoms with Crippen molar-refractivity contribution in [1.82, 2.24) is 10.2 Å². The monoisotopic (exact) mass is 354 g/mol. The second-order valence-electron chi connectivity index (χ2n) is 7.46. The van der Waals surface area contributed by atoms with Crippen molar-refractivity contribution in [2.24, 2.45) is 11.3 Å². The zero-order valence-electron chi connectivity index (χ0n) is 14.1. The standard InChI is InChI=1S/C18H27ClN2OS/c1-13(2)21-11-14(18(12-21)8-4-3-5-9-18)10-20-17(22)15-6-7-16(19)23-15/h6-7,13-14H,3-5,8-12H2,1-2H3,(H,20,22)/t14-/m0/s1. The molecule has 1 atom stereocenters. The van der Waals surface area contributed by atoms with Gasteiger partial charge in [0.15, 0.2) is 0 Å². The lowest BCUT2D eigenvalue weighted by Gasteiger charge is -2.38. The highest BCUT2D eigenvalue weighted by Gasteiger charge is 2.47. The molecule has 2 aliphatic rings. The number of rotatable bonds is 4. The average molecular weight is 355 g/mol. The first-order valence-corrected chi connectivity index (χ1v) is 9.97. The van der Waals surface area contributed by atoms with Crippen LogP contribution in [0.2, 0.25) is 4.34 Å². The van der Waals surface area contributed by atoms with E-state index in [0.717, 1.165) is 13.1 Å². The molecule has 1 amide bonds. The van der Waals surface area contributed by atoms with Crippen LogP contribution in [0, 0.1) is 11.3 Å². The molecule has 1 spiro atoms. The Kier molecular flexibility index (Phi) is 5.34. The van der Waals surface area contributed by atoms with E-state index in [1.165, 1.54) is 50.0 Å². The first-order chi connectivity index (χ1) is 11.0. The van der Waals surface area contributed by atoms with E-state index in [2.05, 4.69) is 24.1 Å². The van der Waals surface area contributed by atoms with E-state index >= 15 is 0 Å². The Labute approximate surface area is 148 Å². The minimum atomic E-state index is 0.0239. The van der Waals surface area contributed by atoms with Crippen LogP contribution in [0.1, 0.15) is 55.6 Å². The van der Waals surface area contributed by atoms with Gasteiger partial charge in [0.2, 0.25) is 0 Å². The van der Waals surface area contributed by atoms with Gasteiger partial charge < -0.3 is 10.2 Å². The lowest BCUT2D eigenvalue weighted by atomic mass is 9.67. The number of carbonyl (C=O) groups is 1. The van der Waals surface area contributed by atoms with Crippen molar-refractivity contribution in [2.75, 3.05) is 19.6 Å². The molecular weight excluding hydrogens is 328 g/mol. The maximum absolute atomic E-state index is 12.3. The van der Waals surface area contributed by atoms with Crippen LogP contribution in [0.4, 0.5) is 0 Å². The van der Waals surface area contributed by atoms with Gasteiger partial charge in [-0.05, 0) is 50.2 Å². The third-order valence-electron chi connectivity index (χ3n) is 5.72. The molecule has 0 radical (unpaired) electrons. The summed E-state index contributed by atoms with van der Waals surface area (Å²) in [6, 6.07) is 4.19. The Balaban J connectivity index is 1.65. The normalized spacial score (nSPS) is 24.4. The molecule has 2 heterocycles. The highest BCUT2D eigenvalue weighted by atomic mass is 35.5. The fraction of sp³-hybridized carbons (Fsp3) is 0.722. The highest BCUT2D eigenvalue weighted by Crippen LogP contribution is 2.47. The SMILES string of the molecule is CC(C)N1C[C@H](CNC(=O)c2ccc(Cl)s2)C2(CCCCC2)C1. The second kappa shape index (κ2) is 7.12. The maximum Gasteiger partial charge on any atom is 0.261 e. The molecule has 5 heteroatoms. The molecule has 1 N–H and O–H groups in total. The summed E-state index contributed by atoms with van der Waals surface area (Å²) in [6.07, 6.45) is 6.70.